The third-order valence-corrected chi connectivity index (χ3v) is 1.99. The molecule has 1 aliphatic heterocycles. The average molecular weight is 176 g/mol. The Morgan fingerprint density at radius 3 is 3.00 bits per heavy atom. The molecular formula is C11H12O2. The summed E-state index contributed by atoms with van der Waals surface area (Å²) in [5, 5.41) is 0. The number of allylic oxidation sites excluding steroid dienone is 1. The van der Waals surface area contributed by atoms with Crippen molar-refractivity contribution in [2.24, 2.45) is 0 Å². The predicted octanol–water partition coefficient (Wildman–Crippen LogP) is 2.38. The average Bonchev–Trinajstić information content (AvgIpc) is 2.57. The smallest absolute Gasteiger partial charge is 0.229 e. The highest BCUT2D eigenvalue weighted by Crippen LogP contribution is 2.14. The molecule has 2 nitrogen and oxygen atoms in total. The quantitative estimate of drug-likeness (QED) is 0.688. The molecule has 0 fully saturated rings. The van der Waals surface area contributed by atoms with Crippen LogP contribution in [0.4, 0.5) is 0 Å². The Kier molecular flexibility index (Phi) is 2.21. The zero-order chi connectivity index (χ0) is 9.10. The first-order valence-electron chi connectivity index (χ1n) is 4.33. The SMILES string of the molecule is Cc1cccc(CC2=COCO2)c1. The lowest BCUT2D eigenvalue weighted by molar-refractivity contribution is 0.0791. The van der Waals surface area contributed by atoms with Crippen LogP contribution in [-0.2, 0) is 15.9 Å². The van der Waals surface area contributed by atoms with Crippen molar-refractivity contribution in [2.75, 3.05) is 6.79 Å². The van der Waals surface area contributed by atoms with Gasteiger partial charge in [0, 0.05) is 6.42 Å². The first-order valence-corrected chi connectivity index (χ1v) is 4.33. The number of hydrogen-bond acceptors (Lipinski definition) is 2. The molecule has 1 aromatic carbocycles. The van der Waals surface area contributed by atoms with Gasteiger partial charge in [-0.25, -0.2) is 0 Å². The van der Waals surface area contributed by atoms with Crippen LogP contribution in [0.2, 0.25) is 0 Å². The fourth-order valence-corrected chi connectivity index (χ4v) is 1.39. The third kappa shape index (κ3) is 2.02. The standard InChI is InChI=1S/C11H12O2/c1-9-3-2-4-10(5-9)6-11-7-12-8-13-11/h2-5,7H,6,8H2,1H3. The summed E-state index contributed by atoms with van der Waals surface area (Å²) in [5.74, 6) is 0.908. The summed E-state index contributed by atoms with van der Waals surface area (Å²) in [7, 11) is 0. The van der Waals surface area contributed by atoms with Crippen LogP contribution in [0.3, 0.4) is 0 Å². The lowest BCUT2D eigenvalue weighted by Crippen LogP contribution is -1.91. The van der Waals surface area contributed by atoms with Gasteiger partial charge in [-0.2, -0.15) is 0 Å². The van der Waals surface area contributed by atoms with E-state index in [9.17, 15) is 0 Å². The van der Waals surface area contributed by atoms with Gasteiger partial charge in [0.15, 0.2) is 0 Å². The van der Waals surface area contributed by atoms with E-state index in [1.807, 2.05) is 0 Å². The summed E-state index contributed by atoms with van der Waals surface area (Å²) in [6.07, 6.45) is 2.50. The van der Waals surface area contributed by atoms with Crippen LogP contribution in [0.25, 0.3) is 0 Å². The lowest BCUT2D eigenvalue weighted by Gasteiger charge is -2.02. The van der Waals surface area contributed by atoms with Crippen molar-refractivity contribution in [3.05, 3.63) is 47.4 Å². The van der Waals surface area contributed by atoms with Crippen LogP contribution in [0.5, 0.6) is 0 Å². The fourth-order valence-electron chi connectivity index (χ4n) is 1.39. The fraction of sp³-hybridized carbons (Fsp3) is 0.273. The molecule has 1 aliphatic rings. The Hall–Kier alpha value is -1.44. The monoisotopic (exact) mass is 176 g/mol. The number of aryl methyl sites for hydroxylation is 1. The minimum Gasteiger partial charge on any atom is -0.462 e. The number of hydrogen-bond donors (Lipinski definition) is 0. The molecule has 0 amide bonds. The molecule has 0 saturated carbocycles. The second-order valence-electron chi connectivity index (χ2n) is 3.18. The Bertz CT molecular complexity index is 329. The van der Waals surface area contributed by atoms with Gasteiger partial charge in [0.2, 0.25) is 6.79 Å². The molecule has 1 heterocycles. The highest BCUT2D eigenvalue weighted by atomic mass is 16.7. The van der Waals surface area contributed by atoms with E-state index in [0.29, 0.717) is 6.79 Å². The largest absolute Gasteiger partial charge is 0.462 e. The third-order valence-electron chi connectivity index (χ3n) is 1.99. The molecule has 2 rings (SSSR count). The van der Waals surface area contributed by atoms with Gasteiger partial charge in [0.25, 0.3) is 0 Å². The lowest BCUT2D eigenvalue weighted by atomic mass is 10.1. The van der Waals surface area contributed by atoms with E-state index in [-0.39, 0.29) is 0 Å². The van der Waals surface area contributed by atoms with E-state index in [1.165, 1.54) is 11.1 Å². The van der Waals surface area contributed by atoms with Gasteiger partial charge in [0.1, 0.15) is 12.0 Å². The van der Waals surface area contributed by atoms with Crippen LogP contribution in [0, 0.1) is 6.92 Å². The van der Waals surface area contributed by atoms with Crippen molar-refractivity contribution in [1.82, 2.24) is 0 Å². The molecular weight excluding hydrogens is 164 g/mol. The normalized spacial score (nSPS) is 14.7. The minimum atomic E-state index is 0.362. The Balaban J connectivity index is 2.09. The topological polar surface area (TPSA) is 18.5 Å². The van der Waals surface area contributed by atoms with Crippen LogP contribution < -0.4 is 0 Å². The molecule has 0 saturated heterocycles. The molecule has 2 heteroatoms. The van der Waals surface area contributed by atoms with E-state index in [0.717, 1.165) is 12.2 Å². The number of benzene rings is 1. The molecule has 0 aliphatic carbocycles. The van der Waals surface area contributed by atoms with Gasteiger partial charge in [-0.15, -0.1) is 0 Å². The highest BCUT2D eigenvalue weighted by Gasteiger charge is 2.06. The van der Waals surface area contributed by atoms with Crippen LogP contribution in [0.15, 0.2) is 36.3 Å². The Labute approximate surface area is 77.8 Å². The summed E-state index contributed by atoms with van der Waals surface area (Å²) in [4.78, 5) is 0. The number of ether oxygens (including phenoxy) is 2. The van der Waals surface area contributed by atoms with Crippen LogP contribution in [-0.4, -0.2) is 6.79 Å². The molecule has 0 N–H and O–H groups in total. The summed E-state index contributed by atoms with van der Waals surface area (Å²) in [6, 6.07) is 8.39. The van der Waals surface area contributed by atoms with E-state index < -0.39 is 0 Å². The van der Waals surface area contributed by atoms with E-state index in [4.69, 9.17) is 9.47 Å². The maximum absolute atomic E-state index is 5.24. The number of rotatable bonds is 2. The molecule has 0 spiro atoms. The van der Waals surface area contributed by atoms with Gasteiger partial charge in [-0.1, -0.05) is 29.8 Å². The van der Waals surface area contributed by atoms with Gasteiger partial charge in [-0.05, 0) is 12.5 Å². The minimum absolute atomic E-state index is 0.362. The Morgan fingerprint density at radius 2 is 2.31 bits per heavy atom. The summed E-state index contributed by atoms with van der Waals surface area (Å²) in [5.41, 5.74) is 2.54. The van der Waals surface area contributed by atoms with Gasteiger partial charge < -0.3 is 9.47 Å². The van der Waals surface area contributed by atoms with Crippen molar-refractivity contribution in [2.45, 2.75) is 13.3 Å². The second kappa shape index (κ2) is 3.52. The molecule has 0 atom stereocenters. The molecule has 0 unspecified atom stereocenters. The van der Waals surface area contributed by atoms with Crippen LogP contribution >= 0.6 is 0 Å². The predicted molar refractivity (Wildman–Crippen MR) is 50.0 cm³/mol. The van der Waals surface area contributed by atoms with Crippen LogP contribution in [0.1, 0.15) is 11.1 Å². The van der Waals surface area contributed by atoms with Crippen molar-refractivity contribution < 1.29 is 9.47 Å². The van der Waals surface area contributed by atoms with Gasteiger partial charge >= 0.3 is 0 Å². The van der Waals surface area contributed by atoms with Crippen molar-refractivity contribution in [1.29, 1.82) is 0 Å². The molecule has 1 aromatic rings. The molecule has 68 valence electrons. The molecule has 0 radical (unpaired) electrons. The zero-order valence-corrected chi connectivity index (χ0v) is 7.62. The molecule has 0 aromatic heterocycles. The van der Waals surface area contributed by atoms with Gasteiger partial charge in [-0.3, -0.25) is 0 Å². The van der Waals surface area contributed by atoms with E-state index in [2.05, 4.69) is 31.2 Å². The second-order valence-corrected chi connectivity index (χ2v) is 3.18. The maximum Gasteiger partial charge on any atom is 0.229 e. The highest BCUT2D eigenvalue weighted by molar-refractivity contribution is 5.25. The Morgan fingerprint density at radius 1 is 1.38 bits per heavy atom. The summed E-state index contributed by atoms with van der Waals surface area (Å²) < 4.78 is 10.2. The zero-order valence-electron chi connectivity index (χ0n) is 7.62. The van der Waals surface area contributed by atoms with E-state index in [1.54, 1.807) is 6.26 Å². The van der Waals surface area contributed by atoms with Gasteiger partial charge in [0.05, 0.1) is 0 Å². The molecule has 0 bridgehead atoms. The first kappa shape index (κ1) is 8.17. The first-order chi connectivity index (χ1) is 6.34. The summed E-state index contributed by atoms with van der Waals surface area (Å²) in [6.45, 7) is 2.45. The van der Waals surface area contributed by atoms with Crippen molar-refractivity contribution in [3.63, 3.8) is 0 Å². The maximum atomic E-state index is 5.24. The van der Waals surface area contributed by atoms with Crippen molar-refractivity contribution in [3.8, 4) is 0 Å². The molecule has 13 heavy (non-hydrogen) atoms. The summed E-state index contributed by atoms with van der Waals surface area (Å²) >= 11 is 0. The van der Waals surface area contributed by atoms with E-state index >= 15 is 0 Å². The van der Waals surface area contributed by atoms with Crippen molar-refractivity contribution >= 4 is 0 Å².